The van der Waals surface area contributed by atoms with Crippen molar-refractivity contribution in [2.75, 3.05) is 5.73 Å². The topological polar surface area (TPSA) is 43.1 Å². The first-order valence-corrected chi connectivity index (χ1v) is 3.80. The summed E-state index contributed by atoms with van der Waals surface area (Å²) in [4.78, 5) is 10.9. The molecule has 5 heteroatoms. The molecular weight excluding hydrogens is 195 g/mol. The highest BCUT2D eigenvalue weighted by Gasteiger charge is 2.33. The van der Waals surface area contributed by atoms with Crippen molar-refractivity contribution < 1.29 is 18.0 Å². The SMILES string of the molecule is CC(=O)c1cccc(C(F)(F)F)c1N. The van der Waals surface area contributed by atoms with Gasteiger partial charge in [-0.25, -0.2) is 0 Å². The zero-order valence-corrected chi connectivity index (χ0v) is 7.35. The van der Waals surface area contributed by atoms with Crippen LogP contribution in [-0.2, 0) is 6.18 Å². The Morgan fingerprint density at radius 2 is 1.93 bits per heavy atom. The number of carbonyl (C=O) groups is 1. The van der Waals surface area contributed by atoms with Crippen LogP contribution in [0.5, 0.6) is 0 Å². The zero-order chi connectivity index (χ0) is 10.9. The highest BCUT2D eigenvalue weighted by Crippen LogP contribution is 2.34. The van der Waals surface area contributed by atoms with Gasteiger partial charge in [0.1, 0.15) is 0 Å². The molecular formula is C9H8F3NO. The van der Waals surface area contributed by atoms with Crippen LogP contribution in [0.3, 0.4) is 0 Å². The molecule has 0 aliphatic rings. The number of hydrogen-bond donors (Lipinski definition) is 1. The van der Waals surface area contributed by atoms with Gasteiger partial charge in [0.2, 0.25) is 0 Å². The lowest BCUT2D eigenvalue weighted by Gasteiger charge is -2.11. The van der Waals surface area contributed by atoms with E-state index in [9.17, 15) is 18.0 Å². The summed E-state index contributed by atoms with van der Waals surface area (Å²) in [6.45, 7) is 1.17. The maximum Gasteiger partial charge on any atom is 0.418 e. The number of benzene rings is 1. The molecule has 2 nitrogen and oxygen atoms in total. The number of nitrogen functional groups attached to an aromatic ring is 1. The van der Waals surface area contributed by atoms with E-state index < -0.39 is 23.2 Å². The van der Waals surface area contributed by atoms with E-state index >= 15 is 0 Å². The molecule has 0 aromatic heterocycles. The number of halogens is 3. The molecule has 0 saturated heterocycles. The molecule has 14 heavy (non-hydrogen) atoms. The molecule has 0 radical (unpaired) electrons. The van der Waals surface area contributed by atoms with Crippen LogP contribution in [0.1, 0.15) is 22.8 Å². The summed E-state index contributed by atoms with van der Waals surface area (Å²) in [5.74, 6) is -0.478. The highest BCUT2D eigenvalue weighted by molar-refractivity contribution is 5.99. The number of anilines is 1. The third-order valence-electron chi connectivity index (χ3n) is 1.79. The van der Waals surface area contributed by atoms with Crippen LogP contribution in [-0.4, -0.2) is 5.78 Å². The minimum absolute atomic E-state index is 0.0974. The van der Waals surface area contributed by atoms with Gasteiger partial charge in [0.25, 0.3) is 0 Å². The second-order valence-corrected chi connectivity index (χ2v) is 2.82. The Labute approximate surface area is 78.5 Å². The molecule has 0 bridgehead atoms. The molecule has 0 fully saturated rings. The molecule has 1 aromatic carbocycles. The first kappa shape index (κ1) is 10.6. The number of nitrogens with two attached hydrogens (primary N) is 1. The van der Waals surface area contributed by atoms with Crippen molar-refractivity contribution in [3.05, 3.63) is 29.3 Å². The molecule has 0 aliphatic heterocycles. The van der Waals surface area contributed by atoms with E-state index in [4.69, 9.17) is 5.73 Å². The number of carbonyl (C=O) groups excluding carboxylic acids is 1. The summed E-state index contributed by atoms with van der Waals surface area (Å²) in [7, 11) is 0. The Hall–Kier alpha value is -1.52. The third kappa shape index (κ3) is 1.86. The van der Waals surface area contributed by atoms with Crippen LogP contribution >= 0.6 is 0 Å². The molecule has 0 spiro atoms. The minimum atomic E-state index is -4.52. The quantitative estimate of drug-likeness (QED) is 0.562. The van der Waals surface area contributed by atoms with E-state index in [1.807, 2.05) is 0 Å². The lowest BCUT2D eigenvalue weighted by atomic mass is 10.0. The van der Waals surface area contributed by atoms with Crippen LogP contribution in [0, 0.1) is 0 Å². The van der Waals surface area contributed by atoms with Crippen molar-refractivity contribution in [1.82, 2.24) is 0 Å². The van der Waals surface area contributed by atoms with Crippen molar-refractivity contribution in [2.45, 2.75) is 13.1 Å². The van der Waals surface area contributed by atoms with E-state index in [0.29, 0.717) is 0 Å². The van der Waals surface area contributed by atoms with E-state index in [1.165, 1.54) is 13.0 Å². The van der Waals surface area contributed by atoms with Gasteiger partial charge in [0.15, 0.2) is 5.78 Å². The smallest absolute Gasteiger partial charge is 0.398 e. The minimum Gasteiger partial charge on any atom is -0.398 e. The van der Waals surface area contributed by atoms with Crippen molar-refractivity contribution in [1.29, 1.82) is 0 Å². The fraction of sp³-hybridized carbons (Fsp3) is 0.222. The van der Waals surface area contributed by atoms with Crippen molar-refractivity contribution in [2.24, 2.45) is 0 Å². The lowest BCUT2D eigenvalue weighted by Crippen LogP contribution is -2.12. The Kier molecular flexibility index (Phi) is 2.51. The average Bonchev–Trinajstić information content (AvgIpc) is 2.01. The lowest BCUT2D eigenvalue weighted by molar-refractivity contribution is -0.136. The molecule has 0 heterocycles. The molecule has 0 saturated carbocycles. The van der Waals surface area contributed by atoms with Gasteiger partial charge in [-0.2, -0.15) is 13.2 Å². The van der Waals surface area contributed by atoms with Gasteiger partial charge in [-0.1, -0.05) is 6.07 Å². The molecule has 0 amide bonds. The standard InChI is InChI=1S/C9H8F3NO/c1-5(14)6-3-2-4-7(8(6)13)9(10,11)12/h2-4H,13H2,1H3. The molecule has 0 unspecified atom stereocenters. The molecule has 76 valence electrons. The van der Waals surface area contributed by atoms with Gasteiger partial charge in [-0.15, -0.1) is 0 Å². The van der Waals surface area contributed by atoms with Crippen LogP contribution in [0.25, 0.3) is 0 Å². The first-order valence-electron chi connectivity index (χ1n) is 3.80. The van der Waals surface area contributed by atoms with E-state index in [0.717, 1.165) is 12.1 Å². The fourth-order valence-corrected chi connectivity index (χ4v) is 1.12. The number of alkyl halides is 3. The largest absolute Gasteiger partial charge is 0.418 e. The molecule has 1 aromatic rings. The second kappa shape index (κ2) is 3.32. The Morgan fingerprint density at radius 3 is 2.36 bits per heavy atom. The summed E-state index contributed by atoms with van der Waals surface area (Å²) in [5, 5.41) is 0. The van der Waals surface area contributed by atoms with Crippen molar-refractivity contribution >= 4 is 11.5 Å². The van der Waals surface area contributed by atoms with Crippen LogP contribution in [0.15, 0.2) is 18.2 Å². The first-order chi connectivity index (χ1) is 6.34. The zero-order valence-electron chi connectivity index (χ0n) is 7.35. The summed E-state index contributed by atoms with van der Waals surface area (Å²) >= 11 is 0. The van der Waals surface area contributed by atoms with Gasteiger partial charge in [0.05, 0.1) is 11.3 Å². The predicted octanol–water partition coefficient (Wildman–Crippen LogP) is 2.49. The van der Waals surface area contributed by atoms with Gasteiger partial charge in [-0.05, 0) is 19.1 Å². The highest BCUT2D eigenvalue weighted by atomic mass is 19.4. The van der Waals surface area contributed by atoms with Crippen LogP contribution < -0.4 is 5.73 Å². The Morgan fingerprint density at radius 1 is 1.36 bits per heavy atom. The van der Waals surface area contributed by atoms with Gasteiger partial charge < -0.3 is 5.73 Å². The molecule has 0 aliphatic carbocycles. The Bertz CT molecular complexity index is 371. The third-order valence-corrected chi connectivity index (χ3v) is 1.79. The number of Topliss-reactive ketones (excluding diaryl/α,β-unsaturated/α-hetero) is 1. The summed E-state index contributed by atoms with van der Waals surface area (Å²) < 4.78 is 36.9. The number of ketones is 1. The maximum atomic E-state index is 12.3. The summed E-state index contributed by atoms with van der Waals surface area (Å²) in [6.07, 6.45) is -4.52. The molecule has 2 N–H and O–H groups in total. The average molecular weight is 203 g/mol. The predicted molar refractivity (Wildman–Crippen MR) is 45.9 cm³/mol. The Balaban J connectivity index is 3.35. The van der Waals surface area contributed by atoms with Crippen LogP contribution in [0.4, 0.5) is 18.9 Å². The molecule has 1 rings (SSSR count). The monoisotopic (exact) mass is 203 g/mol. The summed E-state index contributed by atoms with van der Waals surface area (Å²) in [5.41, 5.74) is 3.66. The normalized spacial score (nSPS) is 11.4. The fourth-order valence-electron chi connectivity index (χ4n) is 1.12. The number of rotatable bonds is 1. The van der Waals surface area contributed by atoms with E-state index in [1.54, 1.807) is 0 Å². The second-order valence-electron chi connectivity index (χ2n) is 2.82. The van der Waals surface area contributed by atoms with Gasteiger partial charge in [-0.3, -0.25) is 4.79 Å². The van der Waals surface area contributed by atoms with Gasteiger partial charge in [0, 0.05) is 5.56 Å². The maximum absolute atomic E-state index is 12.3. The van der Waals surface area contributed by atoms with Crippen LogP contribution in [0.2, 0.25) is 0 Å². The van der Waals surface area contributed by atoms with E-state index in [-0.39, 0.29) is 5.56 Å². The van der Waals surface area contributed by atoms with E-state index in [2.05, 4.69) is 0 Å². The van der Waals surface area contributed by atoms with Crippen molar-refractivity contribution in [3.8, 4) is 0 Å². The van der Waals surface area contributed by atoms with Gasteiger partial charge >= 0.3 is 6.18 Å². The number of para-hydroxylation sites is 1. The van der Waals surface area contributed by atoms with Crippen molar-refractivity contribution in [3.63, 3.8) is 0 Å². The molecule has 0 atom stereocenters. The summed E-state index contributed by atoms with van der Waals surface area (Å²) in [6, 6.07) is 3.28. The number of hydrogen-bond acceptors (Lipinski definition) is 2.